The van der Waals surface area contributed by atoms with Crippen molar-refractivity contribution < 1.29 is 4.74 Å². The maximum absolute atomic E-state index is 5.44. The van der Waals surface area contributed by atoms with E-state index in [0.29, 0.717) is 5.92 Å². The highest BCUT2D eigenvalue weighted by Crippen LogP contribution is 2.29. The fourth-order valence-electron chi connectivity index (χ4n) is 3.40. The topological polar surface area (TPSA) is 54.4 Å². The van der Waals surface area contributed by atoms with Gasteiger partial charge in [0, 0.05) is 74.9 Å². The van der Waals surface area contributed by atoms with Crippen LogP contribution in [-0.4, -0.2) is 53.7 Å². The van der Waals surface area contributed by atoms with Crippen LogP contribution in [0.15, 0.2) is 24.5 Å². The van der Waals surface area contributed by atoms with E-state index < -0.39 is 0 Å². The van der Waals surface area contributed by atoms with Gasteiger partial charge in [-0.1, -0.05) is 0 Å². The summed E-state index contributed by atoms with van der Waals surface area (Å²) in [5, 5.41) is 1.08. The molecule has 0 spiro atoms. The molecule has 0 unspecified atom stereocenters. The van der Waals surface area contributed by atoms with Crippen molar-refractivity contribution in [2.24, 2.45) is 0 Å². The number of hydrogen-bond donors (Lipinski definition) is 0. The van der Waals surface area contributed by atoms with Crippen LogP contribution in [0.25, 0.3) is 0 Å². The Hall–Kier alpha value is -1.73. The van der Waals surface area contributed by atoms with E-state index in [4.69, 9.17) is 9.72 Å². The fraction of sp³-hybridized carbons (Fsp3) is 0.588. The second-order valence-electron chi connectivity index (χ2n) is 6.35. The summed E-state index contributed by atoms with van der Waals surface area (Å²) in [6.45, 7) is 5.80. The van der Waals surface area contributed by atoms with Gasteiger partial charge in [-0.3, -0.25) is 4.98 Å². The van der Waals surface area contributed by atoms with Gasteiger partial charge < -0.3 is 14.5 Å². The molecule has 2 aliphatic rings. The normalized spacial score (nSPS) is 20.2. The minimum absolute atomic E-state index is 0.476. The largest absolute Gasteiger partial charge is 0.381 e. The number of anilines is 2. The molecule has 2 fully saturated rings. The third kappa shape index (κ3) is 3.52. The van der Waals surface area contributed by atoms with Crippen LogP contribution >= 0.6 is 11.5 Å². The van der Waals surface area contributed by atoms with Crippen LogP contribution in [0.1, 0.15) is 31.0 Å². The van der Waals surface area contributed by atoms with Gasteiger partial charge in [0.05, 0.1) is 0 Å². The van der Waals surface area contributed by atoms with Crippen molar-refractivity contribution in [3.05, 3.63) is 30.4 Å². The van der Waals surface area contributed by atoms with E-state index in [0.717, 1.165) is 69.6 Å². The Kier molecular flexibility index (Phi) is 4.89. The highest BCUT2D eigenvalue weighted by molar-refractivity contribution is 7.09. The minimum atomic E-state index is 0.476. The van der Waals surface area contributed by atoms with Crippen LogP contribution < -0.4 is 9.80 Å². The van der Waals surface area contributed by atoms with E-state index in [1.54, 1.807) is 11.5 Å². The standard InChI is InChI=1S/C17H23N5OS/c1-8-21(15-2-6-18-7-3-15)10-11-22(9-1)17-19-16(20-24-17)14-4-12-23-13-5-14/h2-3,6-7,14H,1,4-5,8-13H2. The molecule has 0 amide bonds. The number of pyridine rings is 1. The quantitative estimate of drug-likeness (QED) is 0.852. The zero-order valence-corrected chi connectivity index (χ0v) is 14.6. The Morgan fingerprint density at radius 3 is 2.58 bits per heavy atom. The first-order chi connectivity index (χ1) is 11.9. The molecule has 2 saturated heterocycles. The summed E-state index contributed by atoms with van der Waals surface area (Å²) in [6.07, 6.45) is 6.96. The van der Waals surface area contributed by atoms with E-state index in [-0.39, 0.29) is 0 Å². The predicted molar refractivity (Wildman–Crippen MR) is 96.0 cm³/mol. The van der Waals surface area contributed by atoms with Crippen molar-refractivity contribution in [2.45, 2.75) is 25.2 Å². The molecule has 2 aromatic heterocycles. The number of ether oxygens (including phenoxy) is 1. The van der Waals surface area contributed by atoms with Crippen molar-refractivity contribution in [2.75, 3.05) is 49.2 Å². The highest BCUT2D eigenvalue weighted by atomic mass is 32.1. The smallest absolute Gasteiger partial charge is 0.205 e. The summed E-state index contributed by atoms with van der Waals surface area (Å²) in [5.74, 6) is 1.50. The van der Waals surface area contributed by atoms with Crippen LogP contribution in [0, 0.1) is 0 Å². The Morgan fingerprint density at radius 1 is 1.00 bits per heavy atom. The molecule has 24 heavy (non-hydrogen) atoms. The molecule has 0 radical (unpaired) electrons. The van der Waals surface area contributed by atoms with Gasteiger partial charge in [0.1, 0.15) is 5.82 Å². The molecular weight excluding hydrogens is 322 g/mol. The first-order valence-corrected chi connectivity index (χ1v) is 9.49. The lowest BCUT2D eigenvalue weighted by Crippen LogP contribution is -2.30. The second-order valence-corrected chi connectivity index (χ2v) is 7.09. The van der Waals surface area contributed by atoms with Crippen LogP contribution in [0.4, 0.5) is 10.8 Å². The van der Waals surface area contributed by atoms with Gasteiger partial charge in [-0.25, -0.2) is 4.98 Å². The van der Waals surface area contributed by atoms with Crippen molar-refractivity contribution in [1.29, 1.82) is 0 Å². The maximum Gasteiger partial charge on any atom is 0.205 e. The average molecular weight is 345 g/mol. The van der Waals surface area contributed by atoms with Crippen molar-refractivity contribution >= 4 is 22.4 Å². The van der Waals surface area contributed by atoms with E-state index in [9.17, 15) is 0 Å². The lowest BCUT2D eigenvalue weighted by atomic mass is 10.00. The van der Waals surface area contributed by atoms with Crippen LogP contribution in [-0.2, 0) is 4.74 Å². The Bertz CT molecular complexity index is 643. The van der Waals surface area contributed by atoms with E-state index in [2.05, 4.69) is 31.3 Å². The molecule has 0 N–H and O–H groups in total. The van der Waals surface area contributed by atoms with Crippen molar-refractivity contribution in [3.8, 4) is 0 Å². The molecule has 0 saturated carbocycles. The molecule has 2 aliphatic heterocycles. The molecule has 7 heteroatoms. The summed E-state index contributed by atoms with van der Waals surface area (Å²) >= 11 is 1.55. The zero-order valence-electron chi connectivity index (χ0n) is 13.8. The SMILES string of the molecule is c1cc(N2CCCN(c3nc(C4CCOCC4)ns3)CC2)ccn1. The third-order valence-electron chi connectivity index (χ3n) is 4.81. The molecule has 4 heterocycles. The minimum Gasteiger partial charge on any atom is -0.381 e. The van der Waals surface area contributed by atoms with Crippen LogP contribution in [0.3, 0.4) is 0 Å². The van der Waals surface area contributed by atoms with E-state index in [1.165, 1.54) is 5.69 Å². The summed E-state index contributed by atoms with van der Waals surface area (Å²) in [4.78, 5) is 13.8. The molecule has 0 aliphatic carbocycles. The van der Waals surface area contributed by atoms with E-state index >= 15 is 0 Å². The van der Waals surface area contributed by atoms with Crippen molar-refractivity contribution in [3.63, 3.8) is 0 Å². The fourth-order valence-corrected chi connectivity index (χ4v) is 4.20. The van der Waals surface area contributed by atoms with Gasteiger partial charge in [-0.05, 0) is 31.4 Å². The van der Waals surface area contributed by atoms with Gasteiger partial charge in [0.2, 0.25) is 5.13 Å². The summed E-state index contributed by atoms with van der Waals surface area (Å²) in [5.41, 5.74) is 1.26. The molecule has 0 atom stereocenters. The molecule has 0 aromatic carbocycles. The third-order valence-corrected chi connectivity index (χ3v) is 5.60. The lowest BCUT2D eigenvalue weighted by Gasteiger charge is -2.23. The van der Waals surface area contributed by atoms with Gasteiger partial charge in [0.25, 0.3) is 0 Å². The molecule has 6 nitrogen and oxygen atoms in total. The van der Waals surface area contributed by atoms with Crippen LogP contribution in [0.2, 0.25) is 0 Å². The molecule has 2 aromatic rings. The summed E-state index contributed by atoms with van der Waals surface area (Å²) in [6, 6.07) is 4.17. The number of aromatic nitrogens is 3. The Morgan fingerprint density at radius 2 is 1.75 bits per heavy atom. The van der Waals surface area contributed by atoms with Gasteiger partial charge in [-0.15, -0.1) is 0 Å². The molecule has 4 rings (SSSR count). The number of rotatable bonds is 3. The second kappa shape index (κ2) is 7.44. The first-order valence-electron chi connectivity index (χ1n) is 8.71. The van der Waals surface area contributed by atoms with E-state index in [1.807, 2.05) is 12.4 Å². The van der Waals surface area contributed by atoms with Crippen molar-refractivity contribution in [1.82, 2.24) is 14.3 Å². The summed E-state index contributed by atoms with van der Waals surface area (Å²) in [7, 11) is 0. The number of hydrogen-bond acceptors (Lipinski definition) is 7. The zero-order chi connectivity index (χ0) is 16.2. The average Bonchev–Trinajstić information content (AvgIpc) is 3.01. The molecule has 0 bridgehead atoms. The highest BCUT2D eigenvalue weighted by Gasteiger charge is 2.23. The van der Waals surface area contributed by atoms with Crippen LogP contribution in [0.5, 0.6) is 0 Å². The predicted octanol–water partition coefficient (Wildman–Crippen LogP) is 2.54. The van der Waals surface area contributed by atoms with Gasteiger partial charge in [-0.2, -0.15) is 4.37 Å². The molecular formula is C17H23N5OS. The monoisotopic (exact) mass is 345 g/mol. The Balaban J connectivity index is 1.41. The van der Waals surface area contributed by atoms with Gasteiger partial charge in [0.15, 0.2) is 0 Å². The first kappa shape index (κ1) is 15.8. The lowest BCUT2D eigenvalue weighted by molar-refractivity contribution is 0.0838. The Labute approximate surface area is 146 Å². The number of nitrogens with zero attached hydrogens (tertiary/aromatic N) is 5. The summed E-state index contributed by atoms with van der Waals surface area (Å²) < 4.78 is 10.1. The molecule has 128 valence electrons. The maximum atomic E-state index is 5.44. The van der Waals surface area contributed by atoms with Gasteiger partial charge >= 0.3 is 0 Å².